The Balaban J connectivity index is 1.64. The van der Waals surface area contributed by atoms with Gasteiger partial charge in [0.2, 0.25) is 11.8 Å². The molecule has 1 unspecified atom stereocenters. The van der Waals surface area contributed by atoms with Gasteiger partial charge in [-0.3, -0.25) is 19.5 Å². The molecule has 130 valence electrons. The van der Waals surface area contributed by atoms with Crippen LogP contribution < -0.4 is 5.73 Å². The molecule has 2 amide bonds. The molecule has 0 aromatic carbocycles. The maximum atomic E-state index is 12.5. The first-order valence-corrected chi connectivity index (χ1v) is 8.68. The molecule has 6 nitrogen and oxygen atoms in total. The summed E-state index contributed by atoms with van der Waals surface area (Å²) < 4.78 is 0. The molecule has 2 fully saturated rings. The summed E-state index contributed by atoms with van der Waals surface area (Å²) in [7, 11) is 1.98. The molecule has 1 atom stereocenters. The molecule has 0 saturated carbocycles. The Hall–Kier alpha value is -1.95. The summed E-state index contributed by atoms with van der Waals surface area (Å²) in [5, 5.41) is 0. The van der Waals surface area contributed by atoms with Gasteiger partial charge in [-0.15, -0.1) is 0 Å². The lowest BCUT2D eigenvalue weighted by Crippen LogP contribution is -2.60. The summed E-state index contributed by atoms with van der Waals surface area (Å²) in [5.41, 5.74) is 6.57. The minimum Gasteiger partial charge on any atom is -0.368 e. The van der Waals surface area contributed by atoms with E-state index in [4.69, 9.17) is 5.73 Å². The third-order valence-electron chi connectivity index (χ3n) is 5.67. The zero-order valence-corrected chi connectivity index (χ0v) is 14.3. The topological polar surface area (TPSA) is 79.5 Å². The second-order valence-electron chi connectivity index (χ2n) is 7.17. The van der Waals surface area contributed by atoms with Gasteiger partial charge in [0.15, 0.2) is 0 Å². The molecule has 1 spiro atoms. The lowest BCUT2D eigenvalue weighted by Gasteiger charge is -2.51. The number of likely N-dealkylation sites (tertiary alicyclic amines) is 2. The van der Waals surface area contributed by atoms with Gasteiger partial charge >= 0.3 is 0 Å². The first-order chi connectivity index (χ1) is 11.5. The minimum atomic E-state index is -0.229. The third-order valence-corrected chi connectivity index (χ3v) is 5.67. The average molecular weight is 330 g/mol. The summed E-state index contributed by atoms with van der Waals surface area (Å²) in [4.78, 5) is 32.6. The molecule has 6 heteroatoms. The number of hydrogen-bond donors (Lipinski definition) is 1. The van der Waals surface area contributed by atoms with Gasteiger partial charge < -0.3 is 10.6 Å². The monoisotopic (exact) mass is 330 g/mol. The number of carbonyl (C=O) groups is 2. The van der Waals surface area contributed by atoms with E-state index in [9.17, 15) is 9.59 Å². The fourth-order valence-corrected chi connectivity index (χ4v) is 4.45. The third kappa shape index (κ3) is 3.29. The van der Waals surface area contributed by atoms with Gasteiger partial charge in [-0.05, 0) is 56.3 Å². The zero-order chi connectivity index (χ0) is 17.2. The standard InChI is InChI=1S/C18H26N4O2/c1-21-9-3-5-18(16(21)17(19)24)6-10-22(11-7-18)15(23)12-14-4-2-8-20-13-14/h2,4,8,13,16H,3,5-7,9-12H2,1H3,(H2,19,24). The van der Waals surface area contributed by atoms with Crippen molar-refractivity contribution in [1.29, 1.82) is 0 Å². The van der Waals surface area contributed by atoms with Crippen LogP contribution >= 0.6 is 0 Å². The van der Waals surface area contributed by atoms with E-state index in [1.165, 1.54) is 0 Å². The normalized spacial score (nSPS) is 24.0. The van der Waals surface area contributed by atoms with E-state index in [1.54, 1.807) is 12.4 Å². The first-order valence-electron chi connectivity index (χ1n) is 8.68. The number of primary amides is 1. The fraction of sp³-hybridized carbons (Fsp3) is 0.611. The largest absolute Gasteiger partial charge is 0.368 e. The van der Waals surface area contributed by atoms with Crippen LogP contribution in [0.25, 0.3) is 0 Å². The van der Waals surface area contributed by atoms with Gasteiger partial charge in [0.05, 0.1) is 12.5 Å². The number of carbonyl (C=O) groups excluding carboxylic acids is 2. The number of rotatable bonds is 3. The Kier molecular flexibility index (Phi) is 4.85. The molecule has 2 saturated heterocycles. The smallest absolute Gasteiger partial charge is 0.235 e. The van der Waals surface area contributed by atoms with Crippen LogP contribution in [0.4, 0.5) is 0 Å². The summed E-state index contributed by atoms with van der Waals surface area (Å²) in [6.07, 6.45) is 7.65. The number of nitrogens with zero attached hydrogens (tertiary/aromatic N) is 3. The van der Waals surface area contributed by atoms with Crippen LogP contribution in [0, 0.1) is 5.41 Å². The maximum absolute atomic E-state index is 12.5. The van der Waals surface area contributed by atoms with Crippen LogP contribution in [0.1, 0.15) is 31.2 Å². The SMILES string of the molecule is CN1CCCC2(CCN(C(=O)Cc3cccnc3)CC2)C1C(N)=O. The van der Waals surface area contributed by atoms with Gasteiger partial charge in [-0.2, -0.15) is 0 Å². The number of aromatic nitrogens is 1. The van der Waals surface area contributed by atoms with Crippen LogP contribution in [-0.2, 0) is 16.0 Å². The van der Waals surface area contributed by atoms with Crippen molar-refractivity contribution in [3.63, 3.8) is 0 Å². The zero-order valence-electron chi connectivity index (χ0n) is 14.3. The van der Waals surface area contributed by atoms with Crippen molar-refractivity contribution in [2.45, 2.75) is 38.1 Å². The Morgan fingerprint density at radius 3 is 2.67 bits per heavy atom. The molecule has 2 aliphatic heterocycles. The van der Waals surface area contributed by atoms with Crippen molar-refractivity contribution in [3.05, 3.63) is 30.1 Å². The lowest BCUT2D eigenvalue weighted by molar-refractivity contribution is -0.138. The van der Waals surface area contributed by atoms with E-state index in [2.05, 4.69) is 9.88 Å². The molecule has 1 aromatic heterocycles. The summed E-state index contributed by atoms with van der Waals surface area (Å²) in [6.45, 7) is 2.33. The van der Waals surface area contributed by atoms with Crippen molar-refractivity contribution in [1.82, 2.24) is 14.8 Å². The van der Waals surface area contributed by atoms with Gasteiger partial charge in [0.25, 0.3) is 0 Å². The Morgan fingerprint density at radius 1 is 1.29 bits per heavy atom. The maximum Gasteiger partial charge on any atom is 0.235 e. The number of pyridine rings is 1. The molecule has 0 radical (unpaired) electrons. The second-order valence-corrected chi connectivity index (χ2v) is 7.17. The van der Waals surface area contributed by atoms with Gasteiger partial charge in [0, 0.05) is 25.5 Å². The molecule has 3 rings (SSSR count). The van der Waals surface area contributed by atoms with E-state index >= 15 is 0 Å². The van der Waals surface area contributed by atoms with Crippen LogP contribution in [0.2, 0.25) is 0 Å². The van der Waals surface area contributed by atoms with Gasteiger partial charge in [-0.1, -0.05) is 6.07 Å². The molecule has 1 aromatic rings. The summed E-state index contributed by atoms with van der Waals surface area (Å²) in [6, 6.07) is 3.57. The highest BCUT2D eigenvalue weighted by Gasteiger charge is 2.48. The van der Waals surface area contributed by atoms with E-state index in [0.29, 0.717) is 19.5 Å². The summed E-state index contributed by atoms with van der Waals surface area (Å²) in [5.74, 6) is -0.0926. The molecule has 3 heterocycles. The molecule has 0 aliphatic carbocycles. The van der Waals surface area contributed by atoms with E-state index in [-0.39, 0.29) is 23.3 Å². The van der Waals surface area contributed by atoms with Gasteiger partial charge in [0.1, 0.15) is 0 Å². The number of amides is 2. The highest BCUT2D eigenvalue weighted by molar-refractivity contribution is 5.81. The van der Waals surface area contributed by atoms with Crippen LogP contribution in [0.5, 0.6) is 0 Å². The highest BCUT2D eigenvalue weighted by Crippen LogP contribution is 2.44. The Labute approximate surface area is 143 Å². The highest BCUT2D eigenvalue weighted by atomic mass is 16.2. The molecule has 0 bridgehead atoms. The van der Waals surface area contributed by atoms with Gasteiger partial charge in [-0.25, -0.2) is 0 Å². The number of hydrogen-bond acceptors (Lipinski definition) is 4. The number of nitrogens with two attached hydrogens (primary N) is 1. The van der Waals surface area contributed by atoms with Crippen LogP contribution in [-0.4, -0.2) is 59.3 Å². The predicted molar refractivity (Wildman–Crippen MR) is 91.0 cm³/mol. The predicted octanol–water partition coefficient (Wildman–Crippen LogP) is 0.812. The Morgan fingerprint density at radius 2 is 2.04 bits per heavy atom. The van der Waals surface area contributed by atoms with Crippen LogP contribution in [0.15, 0.2) is 24.5 Å². The molecular formula is C18H26N4O2. The fourth-order valence-electron chi connectivity index (χ4n) is 4.45. The second kappa shape index (κ2) is 6.89. The van der Waals surface area contributed by atoms with Crippen molar-refractivity contribution in [2.75, 3.05) is 26.7 Å². The van der Waals surface area contributed by atoms with Crippen molar-refractivity contribution in [3.8, 4) is 0 Å². The molecule has 24 heavy (non-hydrogen) atoms. The quantitative estimate of drug-likeness (QED) is 0.889. The minimum absolute atomic E-state index is 0.0656. The van der Waals surface area contributed by atoms with E-state index < -0.39 is 0 Å². The summed E-state index contributed by atoms with van der Waals surface area (Å²) >= 11 is 0. The molecule has 2 aliphatic rings. The van der Waals surface area contributed by atoms with Crippen molar-refractivity contribution < 1.29 is 9.59 Å². The first kappa shape index (κ1) is 16.9. The van der Waals surface area contributed by atoms with E-state index in [1.807, 2.05) is 24.1 Å². The lowest BCUT2D eigenvalue weighted by atomic mass is 9.66. The molecular weight excluding hydrogens is 304 g/mol. The van der Waals surface area contributed by atoms with E-state index in [0.717, 1.165) is 37.8 Å². The van der Waals surface area contributed by atoms with Crippen LogP contribution in [0.3, 0.4) is 0 Å². The number of piperidine rings is 2. The molecule has 2 N–H and O–H groups in total. The van der Waals surface area contributed by atoms with Crippen molar-refractivity contribution in [2.24, 2.45) is 11.1 Å². The number of likely N-dealkylation sites (N-methyl/N-ethyl adjacent to an activating group) is 1. The Bertz CT molecular complexity index is 596. The van der Waals surface area contributed by atoms with Crippen molar-refractivity contribution >= 4 is 11.8 Å². The average Bonchev–Trinajstić information content (AvgIpc) is 2.56.